The Labute approximate surface area is 123 Å². The van der Waals surface area contributed by atoms with Gasteiger partial charge in [0.15, 0.2) is 4.90 Å². The minimum atomic E-state index is -3.81. The van der Waals surface area contributed by atoms with Gasteiger partial charge in [-0.1, -0.05) is 12.1 Å². The molecule has 0 bridgehead atoms. The van der Waals surface area contributed by atoms with Gasteiger partial charge in [0.2, 0.25) is 10.0 Å². The molecule has 2 aliphatic heterocycles. The Morgan fingerprint density at radius 3 is 2.67 bits per heavy atom. The SMILES string of the molecule is O=[N+]([O-])c1ccccc1S(=O)(=O)N1C[C@H]2CCNC[C@H]2C1. The monoisotopic (exact) mass is 311 g/mol. The third-order valence-electron chi connectivity index (χ3n) is 4.32. The molecule has 114 valence electrons. The van der Waals surface area contributed by atoms with Crippen LogP contribution in [-0.2, 0) is 10.0 Å². The molecule has 1 aromatic rings. The lowest BCUT2D eigenvalue weighted by molar-refractivity contribution is -0.387. The summed E-state index contributed by atoms with van der Waals surface area (Å²) in [5.41, 5.74) is -0.356. The number of hydrogen-bond acceptors (Lipinski definition) is 5. The van der Waals surface area contributed by atoms with Gasteiger partial charge in [-0.05, 0) is 37.4 Å². The molecule has 2 saturated heterocycles. The highest BCUT2D eigenvalue weighted by atomic mass is 32.2. The third-order valence-corrected chi connectivity index (χ3v) is 6.20. The summed E-state index contributed by atoms with van der Waals surface area (Å²) in [5.74, 6) is 0.653. The Hall–Kier alpha value is -1.51. The van der Waals surface area contributed by atoms with E-state index in [1.165, 1.54) is 28.6 Å². The van der Waals surface area contributed by atoms with Crippen molar-refractivity contribution in [2.45, 2.75) is 11.3 Å². The largest absolute Gasteiger partial charge is 0.316 e. The van der Waals surface area contributed by atoms with Crippen molar-refractivity contribution >= 4 is 15.7 Å². The molecule has 0 radical (unpaired) electrons. The highest BCUT2D eigenvalue weighted by molar-refractivity contribution is 7.89. The van der Waals surface area contributed by atoms with Crippen LogP contribution in [0.4, 0.5) is 5.69 Å². The molecule has 7 nitrogen and oxygen atoms in total. The highest BCUT2D eigenvalue weighted by Crippen LogP contribution is 2.34. The lowest BCUT2D eigenvalue weighted by Crippen LogP contribution is -2.35. The van der Waals surface area contributed by atoms with Gasteiger partial charge in [0.05, 0.1) is 4.92 Å². The number of fused-ring (bicyclic) bond motifs is 1. The fraction of sp³-hybridized carbons (Fsp3) is 0.538. The van der Waals surface area contributed by atoms with E-state index in [4.69, 9.17) is 0 Å². The van der Waals surface area contributed by atoms with Gasteiger partial charge in [-0.2, -0.15) is 4.31 Å². The van der Waals surface area contributed by atoms with E-state index >= 15 is 0 Å². The number of nitro groups is 1. The number of nitrogens with one attached hydrogen (secondary N) is 1. The molecular formula is C13H17N3O4S. The maximum Gasteiger partial charge on any atom is 0.289 e. The lowest BCUT2D eigenvalue weighted by atomic mass is 9.90. The van der Waals surface area contributed by atoms with E-state index in [9.17, 15) is 18.5 Å². The second-order valence-corrected chi connectivity index (χ2v) is 7.47. The summed E-state index contributed by atoms with van der Waals surface area (Å²) in [6.07, 6.45) is 0.952. The second-order valence-electron chi connectivity index (χ2n) is 5.56. The summed E-state index contributed by atoms with van der Waals surface area (Å²) >= 11 is 0. The van der Waals surface area contributed by atoms with Crippen LogP contribution in [0.1, 0.15) is 6.42 Å². The van der Waals surface area contributed by atoms with Gasteiger partial charge < -0.3 is 5.32 Å². The standard InChI is InChI=1S/C13H17N3O4S/c17-16(18)12-3-1-2-4-13(12)21(19,20)15-8-10-5-6-14-7-11(10)9-15/h1-4,10-11,14H,5-9H2/t10-,11+/m1/s1. The van der Waals surface area contributed by atoms with Crippen molar-refractivity contribution in [3.63, 3.8) is 0 Å². The zero-order valence-electron chi connectivity index (χ0n) is 11.4. The molecule has 0 unspecified atom stereocenters. The van der Waals surface area contributed by atoms with Crippen LogP contribution in [0.2, 0.25) is 0 Å². The van der Waals surface area contributed by atoms with Gasteiger partial charge in [0.25, 0.3) is 5.69 Å². The maximum atomic E-state index is 12.7. The second kappa shape index (κ2) is 5.36. The molecule has 2 fully saturated rings. The minimum absolute atomic E-state index is 0.207. The summed E-state index contributed by atoms with van der Waals surface area (Å²) < 4.78 is 26.8. The van der Waals surface area contributed by atoms with Gasteiger partial charge in [0.1, 0.15) is 0 Å². The normalized spacial score (nSPS) is 26.5. The van der Waals surface area contributed by atoms with Crippen molar-refractivity contribution in [1.29, 1.82) is 0 Å². The van der Waals surface area contributed by atoms with E-state index in [0.29, 0.717) is 24.9 Å². The quantitative estimate of drug-likeness (QED) is 0.659. The molecule has 0 amide bonds. The first-order valence-electron chi connectivity index (χ1n) is 6.94. The van der Waals surface area contributed by atoms with Crippen LogP contribution in [0.5, 0.6) is 0 Å². The van der Waals surface area contributed by atoms with Crippen molar-refractivity contribution in [2.75, 3.05) is 26.2 Å². The summed E-state index contributed by atoms with van der Waals surface area (Å²) in [5, 5.41) is 14.3. The van der Waals surface area contributed by atoms with Crippen molar-refractivity contribution in [2.24, 2.45) is 11.8 Å². The zero-order chi connectivity index (χ0) is 15.0. The Bertz CT molecular complexity index is 647. The molecule has 1 N–H and O–H groups in total. The van der Waals surface area contributed by atoms with Crippen molar-refractivity contribution in [1.82, 2.24) is 9.62 Å². The first-order chi connectivity index (χ1) is 10.00. The Morgan fingerprint density at radius 1 is 1.24 bits per heavy atom. The molecule has 8 heteroatoms. The van der Waals surface area contributed by atoms with Crippen molar-refractivity contribution in [3.05, 3.63) is 34.4 Å². The molecular weight excluding hydrogens is 294 g/mol. The Morgan fingerprint density at radius 2 is 1.95 bits per heavy atom. The van der Waals surface area contributed by atoms with Gasteiger partial charge in [-0.25, -0.2) is 8.42 Å². The minimum Gasteiger partial charge on any atom is -0.316 e. The van der Waals surface area contributed by atoms with Crippen LogP contribution < -0.4 is 5.32 Å². The molecule has 0 aromatic heterocycles. The Balaban J connectivity index is 1.93. The van der Waals surface area contributed by atoms with Gasteiger partial charge in [0, 0.05) is 19.2 Å². The zero-order valence-corrected chi connectivity index (χ0v) is 12.3. The maximum absolute atomic E-state index is 12.7. The Kier molecular flexibility index (Phi) is 3.68. The lowest BCUT2D eigenvalue weighted by Gasteiger charge is -2.24. The van der Waals surface area contributed by atoms with Crippen molar-refractivity contribution in [3.8, 4) is 0 Å². The molecule has 0 spiro atoms. The van der Waals surface area contributed by atoms with Crippen LogP contribution in [0.15, 0.2) is 29.2 Å². The molecule has 2 aliphatic rings. The summed E-state index contributed by atoms with van der Waals surface area (Å²) in [6, 6.07) is 5.54. The summed E-state index contributed by atoms with van der Waals surface area (Å²) in [7, 11) is -3.81. The van der Waals surface area contributed by atoms with E-state index in [-0.39, 0.29) is 10.6 Å². The van der Waals surface area contributed by atoms with E-state index in [1.807, 2.05) is 0 Å². The number of piperidine rings is 1. The van der Waals surface area contributed by atoms with Gasteiger partial charge >= 0.3 is 0 Å². The molecule has 3 rings (SSSR count). The van der Waals surface area contributed by atoms with E-state index in [0.717, 1.165) is 19.5 Å². The first kappa shape index (κ1) is 14.4. The van der Waals surface area contributed by atoms with E-state index in [1.54, 1.807) is 0 Å². The number of nitrogens with zero attached hydrogens (tertiary/aromatic N) is 2. The fourth-order valence-corrected chi connectivity index (χ4v) is 4.90. The van der Waals surface area contributed by atoms with Gasteiger partial charge in [-0.15, -0.1) is 0 Å². The molecule has 2 heterocycles. The van der Waals surface area contributed by atoms with E-state index in [2.05, 4.69) is 5.32 Å². The molecule has 0 saturated carbocycles. The molecule has 2 atom stereocenters. The first-order valence-corrected chi connectivity index (χ1v) is 8.38. The van der Waals surface area contributed by atoms with E-state index < -0.39 is 14.9 Å². The predicted octanol–water partition coefficient (Wildman–Crippen LogP) is 0.825. The number of nitro benzene ring substituents is 1. The smallest absolute Gasteiger partial charge is 0.289 e. The fourth-order valence-electron chi connectivity index (χ4n) is 3.19. The van der Waals surface area contributed by atoms with Crippen LogP contribution in [0.3, 0.4) is 0 Å². The summed E-state index contributed by atoms with van der Waals surface area (Å²) in [6.45, 7) is 2.61. The number of para-hydroxylation sites is 1. The molecule has 1 aromatic carbocycles. The van der Waals surface area contributed by atoms with Crippen molar-refractivity contribution < 1.29 is 13.3 Å². The molecule has 21 heavy (non-hydrogen) atoms. The predicted molar refractivity (Wildman–Crippen MR) is 76.3 cm³/mol. The summed E-state index contributed by atoms with van der Waals surface area (Å²) in [4.78, 5) is 10.2. The van der Waals surface area contributed by atoms with Crippen LogP contribution in [0, 0.1) is 22.0 Å². The third kappa shape index (κ3) is 2.54. The molecule has 0 aliphatic carbocycles. The number of benzene rings is 1. The van der Waals surface area contributed by atoms with Gasteiger partial charge in [-0.3, -0.25) is 10.1 Å². The topological polar surface area (TPSA) is 92.5 Å². The van der Waals surface area contributed by atoms with Crippen LogP contribution >= 0.6 is 0 Å². The average Bonchev–Trinajstić information content (AvgIpc) is 2.92. The number of hydrogen-bond donors (Lipinski definition) is 1. The van der Waals surface area contributed by atoms with Crippen LogP contribution in [0.25, 0.3) is 0 Å². The number of rotatable bonds is 3. The number of sulfonamides is 1. The average molecular weight is 311 g/mol. The highest BCUT2D eigenvalue weighted by Gasteiger charge is 2.41. The van der Waals surface area contributed by atoms with Crippen LogP contribution in [-0.4, -0.2) is 43.8 Å².